The highest BCUT2D eigenvalue weighted by molar-refractivity contribution is 5.75. The van der Waals surface area contributed by atoms with Crippen LogP contribution in [0.15, 0.2) is 71.1 Å². The van der Waals surface area contributed by atoms with Gasteiger partial charge in [-0.2, -0.15) is 0 Å². The van der Waals surface area contributed by atoms with Gasteiger partial charge in [-0.1, -0.05) is 48.5 Å². The average Bonchev–Trinajstić information content (AvgIpc) is 3.28. The number of benzene rings is 3. The van der Waals surface area contributed by atoms with Gasteiger partial charge in [-0.15, -0.1) is 10.2 Å². The molecule has 0 aliphatic rings. The first kappa shape index (κ1) is 20.4. The van der Waals surface area contributed by atoms with Crippen LogP contribution in [0.4, 0.5) is 4.39 Å². The van der Waals surface area contributed by atoms with Crippen LogP contribution >= 0.6 is 0 Å². The standard InChI is InChI=1S/C24H20FN3O3/c1-15-18(17-6-3-2-4-7-17)8-5-9-19(15)23-27-28-24(31-23)20-12-16(10-11-21(20)25)14-30-22(29)13-26/h2-12H,13-14,26H2,1H3. The minimum Gasteiger partial charge on any atom is -0.460 e. The Morgan fingerprint density at radius 1 is 0.968 bits per heavy atom. The van der Waals surface area contributed by atoms with Crippen LogP contribution in [0, 0.1) is 12.7 Å². The molecule has 0 aliphatic carbocycles. The van der Waals surface area contributed by atoms with Crippen molar-refractivity contribution in [1.82, 2.24) is 10.2 Å². The lowest BCUT2D eigenvalue weighted by Crippen LogP contribution is -2.16. The molecule has 0 saturated carbocycles. The van der Waals surface area contributed by atoms with E-state index in [9.17, 15) is 9.18 Å². The molecule has 1 aromatic heterocycles. The second-order valence-electron chi connectivity index (χ2n) is 6.94. The Hall–Kier alpha value is -3.84. The summed E-state index contributed by atoms with van der Waals surface area (Å²) in [5.41, 5.74) is 9.83. The maximum absolute atomic E-state index is 14.4. The molecule has 4 aromatic rings. The topological polar surface area (TPSA) is 91.2 Å². The molecule has 0 radical (unpaired) electrons. The summed E-state index contributed by atoms with van der Waals surface area (Å²) in [6.45, 7) is 1.74. The summed E-state index contributed by atoms with van der Waals surface area (Å²) in [6.07, 6.45) is 0. The molecule has 7 heteroatoms. The van der Waals surface area contributed by atoms with E-state index in [1.165, 1.54) is 18.2 Å². The van der Waals surface area contributed by atoms with Crippen molar-refractivity contribution in [3.63, 3.8) is 0 Å². The van der Waals surface area contributed by atoms with Gasteiger partial charge in [0.1, 0.15) is 12.4 Å². The van der Waals surface area contributed by atoms with E-state index < -0.39 is 11.8 Å². The second kappa shape index (κ2) is 8.89. The zero-order valence-electron chi connectivity index (χ0n) is 16.8. The Labute approximate surface area is 178 Å². The van der Waals surface area contributed by atoms with E-state index in [1.54, 1.807) is 0 Å². The zero-order chi connectivity index (χ0) is 21.8. The summed E-state index contributed by atoms with van der Waals surface area (Å²) >= 11 is 0. The summed E-state index contributed by atoms with van der Waals surface area (Å²) in [4.78, 5) is 11.3. The van der Waals surface area contributed by atoms with Crippen molar-refractivity contribution in [1.29, 1.82) is 0 Å². The molecule has 3 aromatic carbocycles. The van der Waals surface area contributed by atoms with Crippen molar-refractivity contribution in [3.8, 4) is 34.0 Å². The Bertz CT molecular complexity index is 1220. The monoisotopic (exact) mass is 417 g/mol. The van der Waals surface area contributed by atoms with E-state index >= 15 is 0 Å². The smallest absolute Gasteiger partial charge is 0.320 e. The van der Waals surface area contributed by atoms with Crippen molar-refractivity contribution < 1.29 is 18.3 Å². The van der Waals surface area contributed by atoms with Crippen LogP contribution in [0.25, 0.3) is 34.0 Å². The molecule has 0 aliphatic heterocycles. The van der Waals surface area contributed by atoms with Crippen molar-refractivity contribution in [2.75, 3.05) is 6.54 Å². The first-order valence-electron chi connectivity index (χ1n) is 9.70. The Morgan fingerprint density at radius 3 is 2.42 bits per heavy atom. The molecule has 0 unspecified atom stereocenters. The molecule has 0 atom stereocenters. The lowest BCUT2D eigenvalue weighted by atomic mass is 9.96. The third-order valence-corrected chi connectivity index (χ3v) is 4.90. The fourth-order valence-electron chi connectivity index (χ4n) is 3.29. The molecule has 1 heterocycles. The molecule has 156 valence electrons. The van der Waals surface area contributed by atoms with Gasteiger partial charge in [-0.3, -0.25) is 4.79 Å². The van der Waals surface area contributed by atoms with Crippen LogP contribution in [0.3, 0.4) is 0 Å². The summed E-state index contributed by atoms with van der Waals surface area (Å²) in [5, 5.41) is 8.17. The first-order chi connectivity index (χ1) is 15.1. The molecule has 0 amide bonds. The maximum atomic E-state index is 14.4. The fourth-order valence-corrected chi connectivity index (χ4v) is 3.29. The predicted molar refractivity (Wildman–Crippen MR) is 114 cm³/mol. The number of carbonyl (C=O) groups excluding carboxylic acids is 1. The number of hydrogen-bond donors (Lipinski definition) is 1. The third kappa shape index (κ3) is 4.36. The fraction of sp³-hybridized carbons (Fsp3) is 0.125. The highest BCUT2D eigenvalue weighted by Gasteiger charge is 2.17. The number of nitrogens with two attached hydrogens (primary N) is 1. The highest BCUT2D eigenvalue weighted by Crippen LogP contribution is 2.33. The van der Waals surface area contributed by atoms with Gasteiger partial charge in [0.05, 0.1) is 12.1 Å². The molecular formula is C24H20FN3O3. The lowest BCUT2D eigenvalue weighted by molar-refractivity contribution is -0.143. The molecular weight excluding hydrogens is 397 g/mol. The van der Waals surface area contributed by atoms with Gasteiger partial charge < -0.3 is 14.9 Å². The number of carbonyl (C=O) groups is 1. The van der Waals surface area contributed by atoms with Crippen molar-refractivity contribution >= 4 is 5.97 Å². The van der Waals surface area contributed by atoms with Crippen LogP contribution < -0.4 is 5.73 Å². The molecule has 0 saturated heterocycles. The number of ether oxygens (including phenoxy) is 1. The van der Waals surface area contributed by atoms with Gasteiger partial charge in [-0.25, -0.2) is 4.39 Å². The van der Waals surface area contributed by atoms with E-state index in [1.807, 2.05) is 55.5 Å². The number of halogens is 1. The van der Waals surface area contributed by atoms with Gasteiger partial charge in [0.15, 0.2) is 0 Å². The molecule has 6 nitrogen and oxygen atoms in total. The summed E-state index contributed by atoms with van der Waals surface area (Å²) in [5.74, 6) is -0.716. The number of nitrogens with zero attached hydrogens (tertiary/aromatic N) is 2. The van der Waals surface area contributed by atoms with Gasteiger partial charge in [-0.05, 0) is 47.4 Å². The van der Waals surface area contributed by atoms with E-state index in [0.717, 1.165) is 22.3 Å². The zero-order valence-corrected chi connectivity index (χ0v) is 16.8. The quantitative estimate of drug-likeness (QED) is 0.464. The minimum absolute atomic E-state index is 0.0253. The SMILES string of the molecule is Cc1c(-c2ccccc2)cccc1-c1nnc(-c2cc(COC(=O)CN)ccc2F)o1. The van der Waals surface area contributed by atoms with Crippen molar-refractivity contribution in [2.24, 2.45) is 5.73 Å². The Balaban J connectivity index is 1.66. The first-order valence-corrected chi connectivity index (χ1v) is 9.70. The van der Waals surface area contributed by atoms with E-state index in [0.29, 0.717) is 11.5 Å². The Kier molecular flexibility index (Phi) is 5.86. The molecule has 4 rings (SSSR count). The van der Waals surface area contributed by atoms with Crippen LogP contribution in [-0.2, 0) is 16.1 Å². The predicted octanol–water partition coefficient (Wildman–Crippen LogP) is 4.52. The molecule has 2 N–H and O–H groups in total. The van der Waals surface area contributed by atoms with E-state index in [2.05, 4.69) is 10.2 Å². The van der Waals surface area contributed by atoms with Crippen molar-refractivity contribution in [2.45, 2.75) is 13.5 Å². The molecule has 0 spiro atoms. The minimum atomic E-state index is -0.542. The number of aromatic nitrogens is 2. The number of rotatable bonds is 6. The summed E-state index contributed by atoms with van der Waals surface area (Å²) in [7, 11) is 0. The average molecular weight is 417 g/mol. The lowest BCUT2D eigenvalue weighted by Gasteiger charge is -2.09. The van der Waals surface area contributed by atoms with Gasteiger partial charge in [0.2, 0.25) is 5.89 Å². The normalized spacial score (nSPS) is 10.8. The second-order valence-corrected chi connectivity index (χ2v) is 6.94. The van der Waals surface area contributed by atoms with Crippen molar-refractivity contribution in [3.05, 3.63) is 83.7 Å². The summed E-state index contributed by atoms with van der Waals surface area (Å²) in [6, 6.07) is 20.1. The van der Waals surface area contributed by atoms with E-state index in [4.69, 9.17) is 14.9 Å². The highest BCUT2D eigenvalue weighted by atomic mass is 19.1. The largest absolute Gasteiger partial charge is 0.460 e. The number of hydrogen-bond acceptors (Lipinski definition) is 6. The van der Waals surface area contributed by atoms with Crippen LogP contribution in [-0.4, -0.2) is 22.7 Å². The van der Waals surface area contributed by atoms with E-state index in [-0.39, 0.29) is 24.6 Å². The third-order valence-electron chi connectivity index (χ3n) is 4.90. The summed E-state index contributed by atoms with van der Waals surface area (Å²) < 4.78 is 25.3. The Morgan fingerprint density at radius 2 is 1.68 bits per heavy atom. The molecule has 31 heavy (non-hydrogen) atoms. The van der Waals surface area contributed by atoms with Crippen LogP contribution in [0.5, 0.6) is 0 Å². The van der Waals surface area contributed by atoms with Gasteiger partial charge >= 0.3 is 5.97 Å². The van der Waals surface area contributed by atoms with Gasteiger partial charge in [0, 0.05) is 5.56 Å². The van der Waals surface area contributed by atoms with Crippen LogP contribution in [0.2, 0.25) is 0 Å². The maximum Gasteiger partial charge on any atom is 0.320 e. The number of esters is 1. The molecule has 0 bridgehead atoms. The molecule has 0 fully saturated rings. The van der Waals surface area contributed by atoms with Gasteiger partial charge in [0.25, 0.3) is 5.89 Å². The van der Waals surface area contributed by atoms with Crippen LogP contribution in [0.1, 0.15) is 11.1 Å².